The van der Waals surface area contributed by atoms with Crippen LogP contribution in [0.1, 0.15) is 105 Å². The first-order valence-electron chi connectivity index (χ1n) is 12.9. The molecule has 2 amide bonds. The Labute approximate surface area is 186 Å². The van der Waals surface area contributed by atoms with Crippen molar-refractivity contribution in [3.05, 3.63) is 0 Å². The highest BCUT2D eigenvalue weighted by Gasteiger charge is 2.25. The molecule has 2 fully saturated rings. The van der Waals surface area contributed by atoms with Crippen LogP contribution < -0.4 is 0 Å². The number of hydrogen-bond acceptors (Lipinski definition) is 2. The van der Waals surface area contributed by atoms with Gasteiger partial charge in [0.15, 0.2) is 0 Å². The van der Waals surface area contributed by atoms with Gasteiger partial charge in [0, 0.05) is 39.0 Å². The van der Waals surface area contributed by atoms with Gasteiger partial charge in [0.05, 0.1) is 0 Å². The van der Waals surface area contributed by atoms with Crippen LogP contribution in [0.3, 0.4) is 0 Å². The second-order valence-corrected chi connectivity index (χ2v) is 10.8. The number of rotatable bonds is 11. The van der Waals surface area contributed by atoms with Crippen LogP contribution in [0.25, 0.3) is 0 Å². The molecule has 0 N–H and O–H groups in total. The lowest BCUT2D eigenvalue weighted by atomic mass is 9.91. The summed E-state index contributed by atoms with van der Waals surface area (Å²) in [5.74, 6) is 3.35. The molecule has 2 aliphatic rings. The predicted octanol–water partition coefficient (Wildman–Crippen LogP) is 5.90. The molecule has 0 bridgehead atoms. The molecule has 4 nitrogen and oxygen atoms in total. The van der Waals surface area contributed by atoms with Crippen LogP contribution >= 0.6 is 0 Å². The maximum absolute atomic E-state index is 12.4. The summed E-state index contributed by atoms with van der Waals surface area (Å²) in [6.07, 6.45) is 13.4. The number of hydrogen-bond donors (Lipinski definition) is 0. The molecule has 0 aromatic carbocycles. The van der Waals surface area contributed by atoms with Crippen LogP contribution in [0, 0.1) is 23.7 Å². The third-order valence-electron chi connectivity index (χ3n) is 6.97. The predicted molar refractivity (Wildman–Crippen MR) is 125 cm³/mol. The van der Waals surface area contributed by atoms with Gasteiger partial charge in [-0.15, -0.1) is 0 Å². The van der Waals surface area contributed by atoms with Gasteiger partial charge in [-0.05, 0) is 49.4 Å². The van der Waals surface area contributed by atoms with E-state index in [-0.39, 0.29) is 0 Å². The monoisotopic (exact) mass is 420 g/mol. The maximum atomic E-state index is 12.4. The molecule has 0 aromatic heterocycles. The summed E-state index contributed by atoms with van der Waals surface area (Å²) >= 11 is 0. The van der Waals surface area contributed by atoms with Gasteiger partial charge in [0.2, 0.25) is 11.8 Å². The zero-order valence-electron chi connectivity index (χ0n) is 20.3. The molecule has 4 unspecified atom stereocenters. The zero-order chi connectivity index (χ0) is 21.9. The summed E-state index contributed by atoms with van der Waals surface area (Å²) in [6, 6.07) is 0. The molecule has 174 valence electrons. The highest BCUT2D eigenvalue weighted by Crippen LogP contribution is 2.23. The lowest BCUT2D eigenvalue weighted by Gasteiger charge is -2.35. The number of carbonyl (C=O) groups excluding carboxylic acids is 2. The van der Waals surface area contributed by atoms with Crippen molar-refractivity contribution in [3.63, 3.8) is 0 Å². The molecule has 2 rings (SSSR count). The average molecular weight is 421 g/mol. The second-order valence-electron chi connectivity index (χ2n) is 10.8. The van der Waals surface area contributed by atoms with Gasteiger partial charge in [-0.1, -0.05) is 66.2 Å². The fourth-order valence-electron chi connectivity index (χ4n) is 5.66. The molecular formula is C26H48N2O2. The Hall–Kier alpha value is -1.06. The Morgan fingerprint density at radius 3 is 1.10 bits per heavy atom. The molecule has 2 saturated heterocycles. The SMILES string of the molecule is CC1CC(C)CN(C(=O)CCCCCCCCCCC(=O)N2CC(C)CC(C)C2)C1. The van der Waals surface area contributed by atoms with E-state index in [0.717, 1.165) is 51.9 Å². The molecule has 0 aliphatic carbocycles. The summed E-state index contributed by atoms with van der Waals surface area (Å²) in [6.45, 7) is 12.9. The Balaban J connectivity index is 1.41. The van der Waals surface area contributed by atoms with Gasteiger partial charge in [-0.2, -0.15) is 0 Å². The quantitative estimate of drug-likeness (QED) is 0.391. The van der Waals surface area contributed by atoms with Crippen LogP contribution in [-0.2, 0) is 9.59 Å². The molecule has 0 spiro atoms. The first-order chi connectivity index (χ1) is 14.3. The summed E-state index contributed by atoms with van der Waals surface area (Å²) in [5.41, 5.74) is 0. The van der Waals surface area contributed by atoms with Gasteiger partial charge in [-0.3, -0.25) is 9.59 Å². The van der Waals surface area contributed by atoms with E-state index in [9.17, 15) is 9.59 Å². The fourth-order valence-corrected chi connectivity index (χ4v) is 5.66. The number of likely N-dealkylation sites (tertiary alicyclic amines) is 2. The normalized spacial score (nSPS) is 27.3. The van der Waals surface area contributed by atoms with Crippen molar-refractivity contribution >= 4 is 11.8 Å². The standard InChI is InChI=1S/C26H48N2O2/c1-21-15-22(2)18-27(17-21)25(29)13-11-9-7-5-6-8-10-12-14-26(30)28-19-23(3)16-24(4)20-28/h21-24H,5-20H2,1-4H3. The van der Waals surface area contributed by atoms with E-state index >= 15 is 0 Å². The topological polar surface area (TPSA) is 40.6 Å². The largest absolute Gasteiger partial charge is 0.342 e. The number of nitrogens with zero attached hydrogens (tertiary/aromatic N) is 2. The number of amides is 2. The van der Waals surface area contributed by atoms with Crippen LogP contribution in [0.15, 0.2) is 0 Å². The van der Waals surface area contributed by atoms with Gasteiger partial charge in [-0.25, -0.2) is 0 Å². The summed E-state index contributed by atoms with van der Waals surface area (Å²) in [7, 11) is 0. The number of unbranched alkanes of at least 4 members (excludes halogenated alkanes) is 7. The van der Waals surface area contributed by atoms with Crippen molar-refractivity contribution in [2.75, 3.05) is 26.2 Å². The minimum Gasteiger partial charge on any atom is -0.342 e. The molecule has 0 aromatic rings. The number of carbonyl (C=O) groups is 2. The smallest absolute Gasteiger partial charge is 0.222 e. The van der Waals surface area contributed by atoms with E-state index in [1.165, 1.54) is 51.4 Å². The molecule has 2 aliphatic heterocycles. The molecule has 0 radical (unpaired) electrons. The molecule has 30 heavy (non-hydrogen) atoms. The number of piperidine rings is 2. The molecule has 0 saturated carbocycles. The van der Waals surface area contributed by atoms with Gasteiger partial charge in [0.1, 0.15) is 0 Å². The third kappa shape index (κ3) is 9.39. The zero-order valence-corrected chi connectivity index (χ0v) is 20.3. The average Bonchev–Trinajstić information content (AvgIpc) is 2.67. The first-order valence-corrected chi connectivity index (χ1v) is 12.9. The van der Waals surface area contributed by atoms with Gasteiger partial charge >= 0.3 is 0 Å². The molecule has 4 atom stereocenters. The van der Waals surface area contributed by atoms with Crippen LogP contribution in [-0.4, -0.2) is 47.8 Å². The second kappa shape index (κ2) is 13.4. The summed E-state index contributed by atoms with van der Waals surface area (Å²) in [5, 5.41) is 0. The minimum atomic E-state index is 0.371. The van der Waals surface area contributed by atoms with Crippen molar-refractivity contribution in [1.82, 2.24) is 9.80 Å². The molecule has 4 heteroatoms. The highest BCUT2D eigenvalue weighted by atomic mass is 16.2. The molecule has 2 heterocycles. The Kier molecular flexibility index (Phi) is 11.2. The minimum absolute atomic E-state index is 0.371. The highest BCUT2D eigenvalue weighted by molar-refractivity contribution is 5.76. The lowest BCUT2D eigenvalue weighted by Crippen LogP contribution is -2.42. The fraction of sp³-hybridized carbons (Fsp3) is 0.923. The van der Waals surface area contributed by atoms with Crippen molar-refractivity contribution in [3.8, 4) is 0 Å². The van der Waals surface area contributed by atoms with Crippen molar-refractivity contribution in [1.29, 1.82) is 0 Å². The van der Waals surface area contributed by atoms with Crippen molar-refractivity contribution in [2.24, 2.45) is 23.7 Å². The van der Waals surface area contributed by atoms with Crippen LogP contribution in [0.5, 0.6) is 0 Å². The van der Waals surface area contributed by atoms with E-state index in [1.54, 1.807) is 0 Å². The molecular weight excluding hydrogens is 372 g/mol. The Morgan fingerprint density at radius 2 is 0.800 bits per heavy atom. The summed E-state index contributed by atoms with van der Waals surface area (Å²) in [4.78, 5) is 29.0. The van der Waals surface area contributed by atoms with E-state index in [2.05, 4.69) is 37.5 Å². The van der Waals surface area contributed by atoms with E-state index in [4.69, 9.17) is 0 Å². The Bertz CT molecular complexity index is 455. The lowest BCUT2D eigenvalue weighted by molar-refractivity contribution is -0.134. The maximum Gasteiger partial charge on any atom is 0.222 e. The van der Waals surface area contributed by atoms with Crippen molar-refractivity contribution < 1.29 is 9.59 Å². The van der Waals surface area contributed by atoms with Crippen molar-refractivity contribution in [2.45, 2.75) is 105 Å². The summed E-state index contributed by atoms with van der Waals surface area (Å²) < 4.78 is 0. The van der Waals surface area contributed by atoms with Gasteiger partial charge in [0.25, 0.3) is 0 Å². The third-order valence-corrected chi connectivity index (χ3v) is 6.97. The van der Waals surface area contributed by atoms with E-state index < -0.39 is 0 Å². The van der Waals surface area contributed by atoms with Crippen LogP contribution in [0.4, 0.5) is 0 Å². The van der Waals surface area contributed by atoms with E-state index in [0.29, 0.717) is 35.5 Å². The Morgan fingerprint density at radius 1 is 0.533 bits per heavy atom. The van der Waals surface area contributed by atoms with Gasteiger partial charge < -0.3 is 9.80 Å². The van der Waals surface area contributed by atoms with Crippen LogP contribution in [0.2, 0.25) is 0 Å². The first kappa shape index (κ1) is 25.2. The van der Waals surface area contributed by atoms with E-state index in [1.807, 2.05) is 0 Å².